The molecule has 0 saturated carbocycles. The lowest BCUT2D eigenvalue weighted by Gasteiger charge is -2.14. The molecule has 0 aliphatic carbocycles. The maximum atomic E-state index is 12.3. The fourth-order valence-electron chi connectivity index (χ4n) is 2.29. The highest BCUT2D eigenvalue weighted by atomic mass is 16.2. The summed E-state index contributed by atoms with van der Waals surface area (Å²) in [6.07, 6.45) is 1.35. The normalized spacial score (nSPS) is 11.8. The van der Waals surface area contributed by atoms with Gasteiger partial charge in [-0.05, 0) is 30.7 Å². The molecule has 6 nitrogen and oxygen atoms in total. The molecule has 2 rings (SSSR count). The van der Waals surface area contributed by atoms with Gasteiger partial charge in [-0.3, -0.25) is 9.59 Å². The second-order valence-corrected chi connectivity index (χ2v) is 5.68. The second-order valence-electron chi connectivity index (χ2n) is 5.68. The van der Waals surface area contributed by atoms with E-state index in [0.29, 0.717) is 11.4 Å². The average Bonchev–Trinajstić information content (AvgIpc) is 2.62. The van der Waals surface area contributed by atoms with E-state index in [-0.39, 0.29) is 17.5 Å². The van der Waals surface area contributed by atoms with Crippen molar-refractivity contribution >= 4 is 23.2 Å². The maximum absolute atomic E-state index is 12.3. The van der Waals surface area contributed by atoms with E-state index in [9.17, 15) is 14.9 Å². The molecule has 0 fully saturated rings. The van der Waals surface area contributed by atoms with Gasteiger partial charge in [-0.15, -0.1) is 0 Å². The molecule has 6 heteroatoms. The highest BCUT2D eigenvalue weighted by Crippen LogP contribution is 2.16. The number of nitrogens with one attached hydrogen (secondary N) is 3. The van der Waals surface area contributed by atoms with Gasteiger partial charge in [-0.1, -0.05) is 36.4 Å². The van der Waals surface area contributed by atoms with Crippen molar-refractivity contribution in [2.75, 3.05) is 10.6 Å². The van der Waals surface area contributed by atoms with Gasteiger partial charge in [0.2, 0.25) is 5.91 Å². The van der Waals surface area contributed by atoms with E-state index in [1.807, 2.05) is 43.3 Å². The zero-order valence-electron chi connectivity index (χ0n) is 14.6. The zero-order chi connectivity index (χ0) is 18.9. The number of amides is 2. The highest BCUT2D eigenvalue weighted by Gasteiger charge is 2.13. The Morgan fingerprint density at radius 1 is 1.08 bits per heavy atom. The molecule has 0 saturated heterocycles. The molecule has 2 amide bonds. The van der Waals surface area contributed by atoms with E-state index >= 15 is 0 Å². The molecule has 2 aromatic rings. The minimum Gasteiger partial charge on any atom is -0.360 e. The summed E-state index contributed by atoms with van der Waals surface area (Å²) in [4.78, 5) is 23.4. The van der Waals surface area contributed by atoms with E-state index in [2.05, 4.69) is 16.0 Å². The quantitative estimate of drug-likeness (QED) is 0.551. The summed E-state index contributed by atoms with van der Waals surface area (Å²) in [5.74, 6) is -0.640. The van der Waals surface area contributed by atoms with E-state index in [1.165, 1.54) is 13.1 Å². The van der Waals surface area contributed by atoms with Crippen LogP contribution in [-0.4, -0.2) is 11.8 Å². The first-order valence-electron chi connectivity index (χ1n) is 8.10. The smallest absolute Gasteiger partial charge is 0.263 e. The second kappa shape index (κ2) is 9.04. The van der Waals surface area contributed by atoms with Crippen molar-refractivity contribution in [3.63, 3.8) is 0 Å². The van der Waals surface area contributed by atoms with Crippen molar-refractivity contribution in [1.29, 1.82) is 5.26 Å². The van der Waals surface area contributed by atoms with Crippen LogP contribution in [0.15, 0.2) is 66.4 Å². The van der Waals surface area contributed by atoms with Gasteiger partial charge in [-0.2, -0.15) is 5.26 Å². The lowest BCUT2D eigenvalue weighted by Crippen LogP contribution is -2.28. The zero-order valence-corrected chi connectivity index (χ0v) is 14.6. The van der Waals surface area contributed by atoms with Gasteiger partial charge in [-0.25, -0.2) is 0 Å². The monoisotopic (exact) mass is 348 g/mol. The summed E-state index contributed by atoms with van der Waals surface area (Å²) in [7, 11) is 0. The standard InChI is InChI=1S/C20H20N4O2/c1-14(16-7-4-3-5-8-16)23-20(26)17(12-21)13-22-18-9-6-10-19(11-18)24-15(2)25/h3-11,13-14,22H,1-2H3,(H,23,26)(H,24,25)/b17-13-. The third-order valence-corrected chi connectivity index (χ3v) is 3.58. The lowest BCUT2D eigenvalue weighted by atomic mass is 10.1. The molecule has 3 N–H and O–H groups in total. The van der Waals surface area contributed by atoms with Crippen LogP contribution in [0, 0.1) is 11.3 Å². The van der Waals surface area contributed by atoms with Crippen LogP contribution >= 0.6 is 0 Å². The van der Waals surface area contributed by atoms with Crippen molar-refractivity contribution in [1.82, 2.24) is 5.32 Å². The fraction of sp³-hybridized carbons (Fsp3) is 0.150. The molecule has 0 aromatic heterocycles. The number of hydrogen-bond donors (Lipinski definition) is 3. The first kappa shape index (κ1) is 18.7. The molecule has 1 atom stereocenters. The van der Waals surface area contributed by atoms with Gasteiger partial charge in [0, 0.05) is 24.5 Å². The van der Waals surface area contributed by atoms with Crippen LogP contribution in [0.4, 0.5) is 11.4 Å². The van der Waals surface area contributed by atoms with E-state index < -0.39 is 5.91 Å². The van der Waals surface area contributed by atoms with Gasteiger partial charge < -0.3 is 16.0 Å². The van der Waals surface area contributed by atoms with Crippen LogP contribution in [0.1, 0.15) is 25.5 Å². The minimum absolute atomic E-state index is 0.0438. The van der Waals surface area contributed by atoms with Crippen molar-refractivity contribution in [3.8, 4) is 6.07 Å². The Hall–Kier alpha value is -3.59. The number of benzene rings is 2. The summed E-state index contributed by atoms with van der Waals surface area (Å²) in [6, 6.07) is 18.1. The molecule has 0 aliphatic heterocycles. The largest absolute Gasteiger partial charge is 0.360 e. The molecule has 26 heavy (non-hydrogen) atoms. The van der Waals surface area contributed by atoms with E-state index in [0.717, 1.165) is 5.56 Å². The van der Waals surface area contributed by atoms with Crippen molar-refractivity contribution < 1.29 is 9.59 Å². The number of rotatable bonds is 6. The minimum atomic E-state index is -0.464. The fourth-order valence-corrected chi connectivity index (χ4v) is 2.29. The van der Waals surface area contributed by atoms with Crippen molar-refractivity contribution in [2.45, 2.75) is 19.9 Å². The number of anilines is 2. The van der Waals surface area contributed by atoms with Gasteiger partial charge in [0.05, 0.1) is 6.04 Å². The molecular formula is C20H20N4O2. The third-order valence-electron chi connectivity index (χ3n) is 3.58. The van der Waals surface area contributed by atoms with Gasteiger partial charge in [0.25, 0.3) is 5.91 Å². The Morgan fingerprint density at radius 2 is 1.77 bits per heavy atom. The highest BCUT2D eigenvalue weighted by molar-refractivity contribution is 5.97. The van der Waals surface area contributed by atoms with Gasteiger partial charge in [0.1, 0.15) is 11.6 Å². The first-order valence-corrected chi connectivity index (χ1v) is 8.10. The SMILES string of the molecule is CC(=O)Nc1cccc(N/C=C(/C#N)C(=O)NC(C)c2ccccc2)c1. The summed E-state index contributed by atoms with van der Waals surface area (Å²) in [5.41, 5.74) is 2.18. The molecule has 0 radical (unpaired) electrons. The van der Waals surface area contributed by atoms with Gasteiger partial charge >= 0.3 is 0 Å². The number of nitriles is 1. The van der Waals surface area contributed by atoms with E-state index in [1.54, 1.807) is 24.3 Å². The molecule has 132 valence electrons. The summed E-state index contributed by atoms with van der Waals surface area (Å²) < 4.78 is 0. The molecule has 0 heterocycles. The van der Waals surface area contributed by atoms with Crippen LogP contribution < -0.4 is 16.0 Å². The Balaban J connectivity index is 2.04. The van der Waals surface area contributed by atoms with Crippen molar-refractivity contribution in [2.24, 2.45) is 0 Å². The first-order chi connectivity index (χ1) is 12.5. The van der Waals surface area contributed by atoms with Crippen LogP contribution in [0.25, 0.3) is 0 Å². The lowest BCUT2D eigenvalue weighted by molar-refractivity contribution is -0.117. The predicted molar refractivity (Wildman–Crippen MR) is 101 cm³/mol. The molecule has 0 bridgehead atoms. The van der Waals surface area contributed by atoms with Crippen molar-refractivity contribution in [3.05, 3.63) is 71.9 Å². The Labute approximate surface area is 152 Å². The average molecular weight is 348 g/mol. The van der Waals surface area contributed by atoms with E-state index in [4.69, 9.17) is 0 Å². The number of carbonyl (C=O) groups is 2. The van der Waals surface area contributed by atoms with Crippen LogP contribution in [0.5, 0.6) is 0 Å². The molecule has 0 aliphatic rings. The topological polar surface area (TPSA) is 94.0 Å². The molecule has 1 unspecified atom stereocenters. The molecule has 0 spiro atoms. The Bertz CT molecular complexity index is 854. The van der Waals surface area contributed by atoms with Crippen LogP contribution in [-0.2, 0) is 9.59 Å². The number of hydrogen-bond acceptors (Lipinski definition) is 4. The maximum Gasteiger partial charge on any atom is 0.263 e. The van der Waals surface area contributed by atoms with Gasteiger partial charge in [0.15, 0.2) is 0 Å². The molecular weight excluding hydrogens is 328 g/mol. The third kappa shape index (κ3) is 5.49. The van der Waals surface area contributed by atoms with Crippen LogP contribution in [0.2, 0.25) is 0 Å². The summed E-state index contributed by atoms with van der Waals surface area (Å²) in [5, 5.41) is 17.6. The summed E-state index contributed by atoms with van der Waals surface area (Å²) >= 11 is 0. The van der Waals surface area contributed by atoms with Crippen LogP contribution in [0.3, 0.4) is 0 Å². The Kier molecular flexibility index (Phi) is 6.52. The summed E-state index contributed by atoms with van der Waals surface area (Å²) in [6.45, 7) is 3.28. The number of carbonyl (C=O) groups excluding carboxylic acids is 2. The predicted octanol–water partition coefficient (Wildman–Crippen LogP) is 3.34. The molecule has 2 aromatic carbocycles. The number of nitrogens with zero attached hydrogens (tertiary/aromatic N) is 1. The Morgan fingerprint density at radius 3 is 2.42 bits per heavy atom.